The molecule has 0 aromatic heterocycles. The number of benzene rings is 1. The number of likely N-dealkylation sites (tertiary alicyclic amines) is 2. The van der Waals surface area contributed by atoms with Crippen molar-refractivity contribution in [1.29, 1.82) is 0 Å². The van der Waals surface area contributed by atoms with E-state index in [-0.39, 0.29) is 5.75 Å². The van der Waals surface area contributed by atoms with Gasteiger partial charge < -0.3 is 10.0 Å². The van der Waals surface area contributed by atoms with Gasteiger partial charge in [-0.15, -0.1) is 0 Å². The van der Waals surface area contributed by atoms with Crippen molar-refractivity contribution in [2.75, 3.05) is 32.7 Å². The summed E-state index contributed by atoms with van der Waals surface area (Å²) in [6.07, 6.45) is 5.39. The standard InChI is InChI=1S/C17H25ClN2O/c18-16-11-15(3-4-17(16)21)13-20-9-5-14(6-10-20)12-19-7-1-2-8-19/h3-4,11,14,21H,1-2,5-10,12-13H2. The van der Waals surface area contributed by atoms with E-state index in [1.807, 2.05) is 12.1 Å². The van der Waals surface area contributed by atoms with Gasteiger partial charge in [0.05, 0.1) is 5.02 Å². The molecular weight excluding hydrogens is 284 g/mol. The average Bonchev–Trinajstić information content (AvgIpc) is 2.98. The van der Waals surface area contributed by atoms with Crippen LogP contribution < -0.4 is 0 Å². The van der Waals surface area contributed by atoms with Gasteiger partial charge in [0.2, 0.25) is 0 Å². The maximum Gasteiger partial charge on any atom is 0.134 e. The molecule has 2 saturated heterocycles. The quantitative estimate of drug-likeness (QED) is 0.924. The fourth-order valence-corrected chi connectivity index (χ4v) is 3.77. The normalized spacial score (nSPS) is 22.0. The predicted octanol–water partition coefficient (Wildman–Crippen LogP) is 3.35. The van der Waals surface area contributed by atoms with Crippen LogP contribution in [0.3, 0.4) is 0 Å². The summed E-state index contributed by atoms with van der Waals surface area (Å²) in [6.45, 7) is 7.22. The lowest BCUT2D eigenvalue weighted by atomic mass is 9.96. The van der Waals surface area contributed by atoms with Gasteiger partial charge in [0, 0.05) is 13.1 Å². The van der Waals surface area contributed by atoms with E-state index in [0.29, 0.717) is 5.02 Å². The van der Waals surface area contributed by atoms with Gasteiger partial charge in [-0.25, -0.2) is 0 Å². The molecule has 1 N–H and O–H groups in total. The van der Waals surface area contributed by atoms with E-state index < -0.39 is 0 Å². The Morgan fingerprint density at radius 3 is 2.43 bits per heavy atom. The molecule has 0 saturated carbocycles. The Bertz CT molecular complexity index is 466. The van der Waals surface area contributed by atoms with Crippen molar-refractivity contribution < 1.29 is 5.11 Å². The molecule has 2 aliphatic rings. The molecule has 4 heteroatoms. The molecule has 1 aromatic rings. The number of halogens is 1. The summed E-state index contributed by atoms with van der Waals surface area (Å²) in [5.41, 5.74) is 1.19. The molecule has 2 aliphatic heterocycles. The smallest absolute Gasteiger partial charge is 0.134 e. The highest BCUT2D eigenvalue weighted by atomic mass is 35.5. The first-order valence-electron chi connectivity index (χ1n) is 8.13. The van der Waals surface area contributed by atoms with Gasteiger partial charge in [-0.05, 0) is 75.5 Å². The first-order chi connectivity index (χ1) is 10.2. The molecule has 1 aromatic carbocycles. The number of hydrogen-bond donors (Lipinski definition) is 1. The molecule has 0 amide bonds. The van der Waals surface area contributed by atoms with Crippen molar-refractivity contribution in [1.82, 2.24) is 9.80 Å². The molecule has 0 spiro atoms. The van der Waals surface area contributed by atoms with Crippen LogP contribution in [-0.4, -0.2) is 47.6 Å². The van der Waals surface area contributed by atoms with E-state index in [9.17, 15) is 5.11 Å². The zero-order valence-corrected chi connectivity index (χ0v) is 13.4. The van der Waals surface area contributed by atoms with E-state index in [1.54, 1.807) is 6.07 Å². The number of nitrogens with zero attached hydrogens (tertiary/aromatic N) is 2. The Morgan fingerprint density at radius 1 is 1.05 bits per heavy atom. The van der Waals surface area contributed by atoms with Crippen molar-refractivity contribution in [2.24, 2.45) is 5.92 Å². The van der Waals surface area contributed by atoms with Crippen LogP contribution in [0.5, 0.6) is 5.75 Å². The highest BCUT2D eigenvalue weighted by molar-refractivity contribution is 6.32. The number of aromatic hydroxyl groups is 1. The lowest BCUT2D eigenvalue weighted by molar-refractivity contribution is 0.149. The van der Waals surface area contributed by atoms with Crippen molar-refractivity contribution in [3.05, 3.63) is 28.8 Å². The molecule has 2 heterocycles. The fraction of sp³-hybridized carbons (Fsp3) is 0.647. The number of piperidine rings is 1. The van der Waals surface area contributed by atoms with Gasteiger partial charge in [-0.3, -0.25) is 4.90 Å². The van der Waals surface area contributed by atoms with E-state index in [0.717, 1.165) is 12.5 Å². The van der Waals surface area contributed by atoms with Crippen molar-refractivity contribution in [2.45, 2.75) is 32.2 Å². The fourth-order valence-electron chi connectivity index (χ4n) is 3.56. The number of hydrogen-bond acceptors (Lipinski definition) is 3. The average molecular weight is 309 g/mol. The van der Waals surface area contributed by atoms with Gasteiger partial charge in [-0.2, -0.15) is 0 Å². The summed E-state index contributed by atoms with van der Waals surface area (Å²) < 4.78 is 0. The molecule has 0 radical (unpaired) electrons. The number of phenolic OH excluding ortho intramolecular Hbond substituents is 1. The minimum atomic E-state index is 0.171. The van der Waals surface area contributed by atoms with Gasteiger partial charge in [-0.1, -0.05) is 17.7 Å². The second-order valence-electron chi connectivity index (χ2n) is 6.51. The van der Waals surface area contributed by atoms with Crippen LogP contribution in [0.4, 0.5) is 0 Å². The number of rotatable bonds is 4. The van der Waals surface area contributed by atoms with Crippen LogP contribution >= 0.6 is 11.6 Å². The van der Waals surface area contributed by atoms with E-state index in [4.69, 9.17) is 11.6 Å². The summed E-state index contributed by atoms with van der Waals surface area (Å²) in [5, 5.41) is 9.92. The van der Waals surface area contributed by atoms with Crippen molar-refractivity contribution >= 4 is 11.6 Å². The van der Waals surface area contributed by atoms with Gasteiger partial charge in [0.15, 0.2) is 0 Å². The van der Waals surface area contributed by atoms with Crippen LogP contribution in [0.25, 0.3) is 0 Å². The molecule has 0 aliphatic carbocycles. The third-order valence-corrected chi connectivity index (χ3v) is 5.14. The van der Waals surface area contributed by atoms with Crippen LogP contribution in [0.2, 0.25) is 5.02 Å². The largest absolute Gasteiger partial charge is 0.506 e. The maximum atomic E-state index is 9.47. The summed E-state index contributed by atoms with van der Waals surface area (Å²) >= 11 is 5.98. The lowest BCUT2D eigenvalue weighted by Gasteiger charge is -2.33. The monoisotopic (exact) mass is 308 g/mol. The Hall–Kier alpha value is -0.770. The van der Waals surface area contributed by atoms with Gasteiger partial charge >= 0.3 is 0 Å². The van der Waals surface area contributed by atoms with E-state index in [2.05, 4.69) is 9.80 Å². The highest BCUT2D eigenvalue weighted by Gasteiger charge is 2.22. The van der Waals surface area contributed by atoms with Crippen LogP contribution in [-0.2, 0) is 6.54 Å². The van der Waals surface area contributed by atoms with Crippen molar-refractivity contribution in [3.63, 3.8) is 0 Å². The minimum Gasteiger partial charge on any atom is -0.506 e. The zero-order valence-electron chi connectivity index (χ0n) is 12.6. The molecule has 3 rings (SSSR count). The van der Waals surface area contributed by atoms with Crippen LogP contribution in [0, 0.1) is 5.92 Å². The Balaban J connectivity index is 1.45. The molecule has 21 heavy (non-hydrogen) atoms. The molecule has 0 atom stereocenters. The lowest BCUT2D eigenvalue weighted by Crippen LogP contribution is -2.37. The third-order valence-electron chi connectivity index (χ3n) is 4.84. The Labute approximate surface area is 132 Å². The third kappa shape index (κ3) is 4.12. The Morgan fingerprint density at radius 2 is 1.76 bits per heavy atom. The summed E-state index contributed by atoms with van der Waals surface area (Å²) in [5.74, 6) is 1.05. The van der Waals surface area contributed by atoms with Crippen LogP contribution in [0.1, 0.15) is 31.2 Å². The predicted molar refractivity (Wildman–Crippen MR) is 86.8 cm³/mol. The summed E-state index contributed by atoms with van der Waals surface area (Å²) in [4.78, 5) is 5.14. The van der Waals surface area contributed by atoms with E-state index >= 15 is 0 Å². The molecule has 116 valence electrons. The Kier molecular flexibility index (Phi) is 5.04. The molecule has 2 fully saturated rings. The van der Waals surface area contributed by atoms with Gasteiger partial charge in [0.25, 0.3) is 0 Å². The second-order valence-corrected chi connectivity index (χ2v) is 6.92. The minimum absolute atomic E-state index is 0.171. The first-order valence-corrected chi connectivity index (χ1v) is 8.50. The highest BCUT2D eigenvalue weighted by Crippen LogP contribution is 2.26. The second kappa shape index (κ2) is 6.99. The molecule has 0 bridgehead atoms. The van der Waals surface area contributed by atoms with Crippen LogP contribution in [0.15, 0.2) is 18.2 Å². The van der Waals surface area contributed by atoms with Crippen molar-refractivity contribution in [3.8, 4) is 5.75 Å². The topological polar surface area (TPSA) is 26.7 Å². The summed E-state index contributed by atoms with van der Waals surface area (Å²) in [6, 6.07) is 5.54. The maximum absolute atomic E-state index is 9.47. The zero-order chi connectivity index (χ0) is 14.7. The first kappa shape index (κ1) is 15.1. The van der Waals surface area contributed by atoms with E-state index in [1.165, 1.54) is 64.0 Å². The molecule has 0 unspecified atom stereocenters. The number of phenols is 1. The SMILES string of the molecule is Oc1ccc(CN2CCC(CN3CCCC3)CC2)cc1Cl. The summed E-state index contributed by atoms with van der Waals surface area (Å²) in [7, 11) is 0. The van der Waals surface area contributed by atoms with Gasteiger partial charge in [0.1, 0.15) is 5.75 Å². The molecular formula is C17H25ClN2O. The molecule has 3 nitrogen and oxygen atoms in total.